The summed E-state index contributed by atoms with van der Waals surface area (Å²) in [5.41, 5.74) is 3.55. The molecular weight excluding hydrogens is 380 g/mol. The van der Waals surface area contributed by atoms with Crippen LogP contribution in [-0.4, -0.2) is 62.7 Å². The predicted octanol–water partition coefficient (Wildman–Crippen LogP) is 2.17. The third-order valence-electron chi connectivity index (χ3n) is 5.51. The second-order valence-corrected chi connectivity index (χ2v) is 7.92. The number of H-pyrrole nitrogens is 1. The van der Waals surface area contributed by atoms with Crippen LogP contribution in [0.5, 0.6) is 0 Å². The van der Waals surface area contributed by atoms with Crippen LogP contribution in [0.3, 0.4) is 0 Å². The van der Waals surface area contributed by atoms with Crippen molar-refractivity contribution < 1.29 is 14.7 Å². The zero-order valence-corrected chi connectivity index (χ0v) is 16.5. The number of aliphatic hydroxyl groups is 1. The maximum Gasteiger partial charge on any atom is 0.274 e. The first-order valence-electron chi connectivity index (χ1n) is 9.53. The quantitative estimate of drug-likeness (QED) is 0.805. The smallest absolute Gasteiger partial charge is 0.274 e. The number of hydrogen-bond donors (Lipinski definition) is 2. The molecule has 148 valence electrons. The first-order chi connectivity index (χ1) is 13.4. The minimum Gasteiger partial charge on any atom is -0.391 e. The van der Waals surface area contributed by atoms with E-state index in [1.54, 1.807) is 28.0 Å². The number of carbonyl (C=O) groups excluding carboxylic acids is 2. The van der Waals surface area contributed by atoms with Gasteiger partial charge >= 0.3 is 0 Å². The van der Waals surface area contributed by atoms with Crippen LogP contribution >= 0.6 is 11.6 Å². The van der Waals surface area contributed by atoms with Gasteiger partial charge in [-0.3, -0.25) is 14.7 Å². The SMILES string of the molecule is Cc1cc(C(=O)N2CCc3c(C(=O)N4CCCC(O)C4)n[nH]c3C2)ccc1Cl. The minimum atomic E-state index is -0.469. The van der Waals surface area contributed by atoms with Crippen LogP contribution in [0.25, 0.3) is 0 Å². The standard InChI is InChI=1S/C20H23ClN4O3/c1-12-9-13(4-5-16(12)21)19(27)25-8-6-15-17(11-25)22-23-18(15)20(28)24-7-2-3-14(26)10-24/h4-5,9,14,26H,2-3,6-8,10-11H2,1H3,(H,22,23). The lowest BCUT2D eigenvalue weighted by Crippen LogP contribution is -2.43. The van der Waals surface area contributed by atoms with E-state index in [2.05, 4.69) is 10.2 Å². The highest BCUT2D eigenvalue weighted by Crippen LogP contribution is 2.25. The number of likely N-dealkylation sites (tertiary alicyclic amines) is 1. The molecule has 0 bridgehead atoms. The number of amides is 2. The number of nitrogens with zero attached hydrogens (tertiary/aromatic N) is 3. The molecule has 0 saturated carbocycles. The summed E-state index contributed by atoms with van der Waals surface area (Å²) in [6.07, 6.45) is 1.62. The first kappa shape index (κ1) is 19.0. The molecule has 1 saturated heterocycles. The van der Waals surface area contributed by atoms with Crippen LogP contribution in [0.4, 0.5) is 0 Å². The zero-order chi connectivity index (χ0) is 19.8. The Morgan fingerprint density at radius 3 is 2.82 bits per heavy atom. The summed E-state index contributed by atoms with van der Waals surface area (Å²) in [4.78, 5) is 29.1. The number of rotatable bonds is 2. The third kappa shape index (κ3) is 3.52. The van der Waals surface area contributed by atoms with E-state index < -0.39 is 6.10 Å². The number of aromatic nitrogens is 2. The van der Waals surface area contributed by atoms with Crippen molar-refractivity contribution in [3.05, 3.63) is 51.3 Å². The van der Waals surface area contributed by atoms with Gasteiger partial charge in [-0.15, -0.1) is 0 Å². The van der Waals surface area contributed by atoms with Crippen LogP contribution in [0, 0.1) is 6.92 Å². The normalized spacial score (nSPS) is 19.5. The lowest BCUT2D eigenvalue weighted by molar-refractivity contribution is 0.0467. The monoisotopic (exact) mass is 402 g/mol. The second kappa shape index (κ2) is 7.56. The number of nitrogens with one attached hydrogen (secondary N) is 1. The number of benzene rings is 1. The van der Waals surface area contributed by atoms with Gasteiger partial charge in [-0.2, -0.15) is 5.10 Å². The fourth-order valence-corrected chi connectivity index (χ4v) is 4.04. The molecule has 1 aromatic carbocycles. The van der Waals surface area contributed by atoms with Crippen molar-refractivity contribution >= 4 is 23.4 Å². The third-order valence-corrected chi connectivity index (χ3v) is 5.94. The van der Waals surface area contributed by atoms with E-state index in [1.165, 1.54) is 0 Å². The Morgan fingerprint density at radius 1 is 1.25 bits per heavy atom. The fourth-order valence-electron chi connectivity index (χ4n) is 3.92. The molecule has 28 heavy (non-hydrogen) atoms. The first-order valence-corrected chi connectivity index (χ1v) is 9.90. The van der Waals surface area contributed by atoms with Gasteiger partial charge in [0.1, 0.15) is 0 Å². The Hall–Kier alpha value is -2.38. The Labute approximate surface area is 168 Å². The van der Waals surface area contributed by atoms with Crippen molar-refractivity contribution in [2.24, 2.45) is 0 Å². The number of halogens is 1. The van der Waals surface area contributed by atoms with E-state index in [1.807, 2.05) is 6.92 Å². The minimum absolute atomic E-state index is 0.0629. The van der Waals surface area contributed by atoms with Gasteiger partial charge in [-0.25, -0.2) is 0 Å². The van der Waals surface area contributed by atoms with Crippen molar-refractivity contribution in [1.29, 1.82) is 0 Å². The van der Waals surface area contributed by atoms with Crippen LogP contribution < -0.4 is 0 Å². The summed E-state index contributed by atoms with van der Waals surface area (Å²) in [6.45, 7) is 3.77. The molecule has 7 nitrogen and oxygen atoms in total. The average molecular weight is 403 g/mol. The van der Waals surface area contributed by atoms with E-state index in [0.717, 1.165) is 29.7 Å². The molecule has 1 fully saturated rings. The molecule has 2 N–H and O–H groups in total. The van der Waals surface area contributed by atoms with E-state index >= 15 is 0 Å². The molecule has 1 atom stereocenters. The van der Waals surface area contributed by atoms with Crippen molar-refractivity contribution in [2.45, 2.75) is 38.8 Å². The van der Waals surface area contributed by atoms with Crippen molar-refractivity contribution in [2.75, 3.05) is 19.6 Å². The van der Waals surface area contributed by atoms with E-state index in [9.17, 15) is 14.7 Å². The fraction of sp³-hybridized carbons (Fsp3) is 0.450. The Morgan fingerprint density at radius 2 is 2.07 bits per heavy atom. The topological polar surface area (TPSA) is 89.5 Å². The van der Waals surface area contributed by atoms with E-state index in [0.29, 0.717) is 48.9 Å². The number of aromatic amines is 1. The van der Waals surface area contributed by atoms with Gasteiger partial charge < -0.3 is 14.9 Å². The molecule has 1 unspecified atom stereocenters. The number of aryl methyl sites for hydroxylation is 1. The molecule has 2 amide bonds. The summed E-state index contributed by atoms with van der Waals surface area (Å²) in [6, 6.07) is 5.26. The number of carbonyl (C=O) groups is 2. The number of fused-ring (bicyclic) bond motifs is 1. The molecule has 3 heterocycles. The number of aliphatic hydroxyl groups excluding tert-OH is 1. The van der Waals surface area contributed by atoms with Gasteiger partial charge in [0.25, 0.3) is 11.8 Å². The van der Waals surface area contributed by atoms with Crippen LogP contribution in [0.2, 0.25) is 5.02 Å². The molecule has 2 aromatic rings. The Kier molecular flexibility index (Phi) is 5.12. The molecule has 1 aromatic heterocycles. The van der Waals surface area contributed by atoms with Gasteiger partial charge in [0.2, 0.25) is 0 Å². The highest BCUT2D eigenvalue weighted by molar-refractivity contribution is 6.31. The van der Waals surface area contributed by atoms with Gasteiger partial charge in [0.05, 0.1) is 18.3 Å². The molecule has 2 aliphatic rings. The van der Waals surface area contributed by atoms with Crippen LogP contribution in [0.15, 0.2) is 18.2 Å². The molecule has 0 aliphatic carbocycles. The van der Waals surface area contributed by atoms with Gasteiger partial charge in [-0.1, -0.05) is 11.6 Å². The summed E-state index contributed by atoms with van der Waals surface area (Å²) >= 11 is 6.05. The number of β-amino-alcohol motifs (C(OH)–C–C–N with tert-alkyl or cyclic N) is 1. The summed E-state index contributed by atoms with van der Waals surface area (Å²) in [7, 11) is 0. The molecule has 4 rings (SSSR count). The molecule has 2 aliphatic heterocycles. The molecule has 0 radical (unpaired) electrons. The van der Waals surface area contributed by atoms with Crippen molar-refractivity contribution in [1.82, 2.24) is 20.0 Å². The Balaban J connectivity index is 1.50. The van der Waals surface area contributed by atoms with Crippen molar-refractivity contribution in [3.63, 3.8) is 0 Å². The number of piperidine rings is 1. The number of hydrogen-bond acceptors (Lipinski definition) is 4. The summed E-state index contributed by atoms with van der Waals surface area (Å²) in [5.74, 6) is -0.212. The van der Waals surface area contributed by atoms with Crippen LogP contribution in [-0.2, 0) is 13.0 Å². The lowest BCUT2D eigenvalue weighted by atomic mass is 10.0. The highest BCUT2D eigenvalue weighted by Gasteiger charge is 2.31. The summed E-state index contributed by atoms with van der Waals surface area (Å²) < 4.78 is 0. The average Bonchev–Trinajstić information content (AvgIpc) is 3.12. The van der Waals surface area contributed by atoms with Gasteiger partial charge in [-0.05, 0) is 49.9 Å². The Bertz CT molecular complexity index is 926. The van der Waals surface area contributed by atoms with Crippen molar-refractivity contribution in [3.8, 4) is 0 Å². The highest BCUT2D eigenvalue weighted by atomic mass is 35.5. The molecule has 8 heteroatoms. The zero-order valence-electron chi connectivity index (χ0n) is 15.7. The summed E-state index contributed by atoms with van der Waals surface area (Å²) in [5, 5.41) is 17.6. The van der Waals surface area contributed by atoms with Crippen LogP contribution in [0.1, 0.15) is 50.5 Å². The van der Waals surface area contributed by atoms with Gasteiger partial charge in [0, 0.05) is 35.8 Å². The molecular formula is C20H23ClN4O3. The maximum atomic E-state index is 12.8. The van der Waals surface area contributed by atoms with E-state index in [-0.39, 0.29) is 11.8 Å². The maximum absolute atomic E-state index is 12.8. The lowest BCUT2D eigenvalue weighted by Gasteiger charge is -2.30. The second-order valence-electron chi connectivity index (χ2n) is 7.52. The van der Waals surface area contributed by atoms with E-state index in [4.69, 9.17) is 11.6 Å². The van der Waals surface area contributed by atoms with Gasteiger partial charge in [0.15, 0.2) is 5.69 Å². The molecule has 0 spiro atoms. The largest absolute Gasteiger partial charge is 0.391 e. The predicted molar refractivity (Wildman–Crippen MR) is 104 cm³/mol.